The number of rotatable bonds is 3. The molecule has 0 aliphatic heterocycles. The molecular weight excluding hydrogens is 230 g/mol. The fourth-order valence-corrected chi connectivity index (χ4v) is 2.04. The SMILES string of the molecule is CC1CC(Nc2ncc(Cl)cc2[N+](=O)[O-])C1. The van der Waals surface area contributed by atoms with Crippen LogP contribution in [0.4, 0.5) is 11.5 Å². The van der Waals surface area contributed by atoms with Gasteiger partial charge in [-0.15, -0.1) is 0 Å². The van der Waals surface area contributed by atoms with Gasteiger partial charge in [-0.3, -0.25) is 10.1 Å². The number of aromatic nitrogens is 1. The molecule has 86 valence electrons. The van der Waals surface area contributed by atoms with Crippen LogP contribution in [0.15, 0.2) is 12.3 Å². The fourth-order valence-electron chi connectivity index (χ4n) is 1.89. The minimum atomic E-state index is -0.469. The lowest BCUT2D eigenvalue weighted by atomic mass is 9.82. The van der Waals surface area contributed by atoms with Crippen molar-refractivity contribution in [2.45, 2.75) is 25.8 Å². The van der Waals surface area contributed by atoms with Crippen molar-refractivity contribution in [2.75, 3.05) is 5.32 Å². The average Bonchev–Trinajstić information content (AvgIpc) is 2.17. The van der Waals surface area contributed by atoms with E-state index in [1.807, 2.05) is 0 Å². The van der Waals surface area contributed by atoms with Crippen LogP contribution < -0.4 is 5.32 Å². The third kappa shape index (κ3) is 2.24. The number of nitro groups is 1. The van der Waals surface area contributed by atoms with Crippen molar-refractivity contribution in [1.29, 1.82) is 0 Å². The van der Waals surface area contributed by atoms with Crippen LogP contribution in [0.1, 0.15) is 19.8 Å². The molecule has 0 radical (unpaired) electrons. The summed E-state index contributed by atoms with van der Waals surface area (Å²) in [5.41, 5.74) is -0.0629. The predicted octanol–water partition coefficient (Wildman–Crippen LogP) is 2.85. The van der Waals surface area contributed by atoms with Gasteiger partial charge in [0, 0.05) is 18.3 Å². The van der Waals surface area contributed by atoms with Crippen LogP contribution in [0.3, 0.4) is 0 Å². The van der Waals surface area contributed by atoms with E-state index in [1.165, 1.54) is 12.3 Å². The largest absolute Gasteiger partial charge is 0.362 e. The van der Waals surface area contributed by atoms with Gasteiger partial charge in [0.1, 0.15) is 0 Å². The zero-order valence-corrected chi connectivity index (χ0v) is 9.57. The molecule has 0 spiro atoms. The first kappa shape index (κ1) is 11.1. The van der Waals surface area contributed by atoms with Crippen LogP contribution in [0.2, 0.25) is 5.02 Å². The highest BCUT2D eigenvalue weighted by Gasteiger charge is 2.27. The van der Waals surface area contributed by atoms with E-state index in [1.54, 1.807) is 0 Å². The topological polar surface area (TPSA) is 68.1 Å². The van der Waals surface area contributed by atoms with Gasteiger partial charge in [0.15, 0.2) is 0 Å². The van der Waals surface area contributed by atoms with Gasteiger partial charge in [-0.05, 0) is 18.8 Å². The molecule has 1 N–H and O–H groups in total. The molecule has 0 bridgehead atoms. The summed E-state index contributed by atoms with van der Waals surface area (Å²) in [7, 11) is 0. The van der Waals surface area contributed by atoms with E-state index in [9.17, 15) is 10.1 Å². The molecule has 6 heteroatoms. The van der Waals surface area contributed by atoms with Gasteiger partial charge in [-0.1, -0.05) is 18.5 Å². The number of pyridine rings is 1. The van der Waals surface area contributed by atoms with E-state index in [-0.39, 0.29) is 10.7 Å². The van der Waals surface area contributed by atoms with Gasteiger partial charge in [0.2, 0.25) is 5.82 Å². The second-order valence-electron chi connectivity index (χ2n) is 4.20. The molecule has 0 unspecified atom stereocenters. The van der Waals surface area contributed by atoms with Crippen molar-refractivity contribution in [3.8, 4) is 0 Å². The normalized spacial score (nSPS) is 23.6. The first-order chi connectivity index (χ1) is 7.56. The lowest BCUT2D eigenvalue weighted by Crippen LogP contribution is -2.34. The van der Waals surface area contributed by atoms with Crippen molar-refractivity contribution in [3.63, 3.8) is 0 Å². The standard InChI is InChI=1S/C10H12ClN3O2/c1-6-2-8(3-6)13-10-9(14(15)16)4-7(11)5-12-10/h4-6,8H,2-3H2,1H3,(H,12,13). The Labute approximate surface area is 98.0 Å². The molecule has 1 aliphatic rings. The van der Waals surface area contributed by atoms with Crippen molar-refractivity contribution in [1.82, 2.24) is 4.98 Å². The minimum Gasteiger partial charge on any atom is -0.362 e. The Balaban J connectivity index is 2.16. The summed E-state index contributed by atoms with van der Waals surface area (Å²) < 4.78 is 0. The molecule has 5 nitrogen and oxygen atoms in total. The summed E-state index contributed by atoms with van der Waals surface area (Å²) in [6, 6.07) is 1.61. The number of nitrogens with one attached hydrogen (secondary N) is 1. The molecule has 0 atom stereocenters. The maximum Gasteiger partial charge on any atom is 0.312 e. The second kappa shape index (κ2) is 4.25. The zero-order valence-electron chi connectivity index (χ0n) is 8.81. The summed E-state index contributed by atoms with van der Waals surface area (Å²) in [4.78, 5) is 14.3. The number of anilines is 1. The third-order valence-corrected chi connectivity index (χ3v) is 2.95. The first-order valence-corrected chi connectivity index (χ1v) is 5.50. The van der Waals surface area contributed by atoms with E-state index >= 15 is 0 Å². The molecule has 1 fully saturated rings. The lowest BCUT2D eigenvalue weighted by Gasteiger charge is -2.33. The molecule has 1 aromatic heterocycles. The van der Waals surface area contributed by atoms with Crippen LogP contribution in [0, 0.1) is 16.0 Å². The molecule has 0 aromatic carbocycles. The smallest absolute Gasteiger partial charge is 0.312 e. The maximum absolute atomic E-state index is 10.8. The highest BCUT2D eigenvalue weighted by atomic mass is 35.5. The van der Waals surface area contributed by atoms with E-state index in [0.29, 0.717) is 17.8 Å². The summed E-state index contributed by atoms with van der Waals surface area (Å²) in [5, 5.41) is 14.1. The quantitative estimate of drug-likeness (QED) is 0.653. The van der Waals surface area contributed by atoms with Gasteiger partial charge in [-0.25, -0.2) is 4.98 Å². The number of nitrogens with zero attached hydrogens (tertiary/aromatic N) is 2. The van der Waals surface area contributed by atoms with Crippen molar-refractivity contribution < 1.29 is 4.92 Å². The van der Waals surface area contributed by atoms with E-state index in [2.05, 4.69) is 17.2 Å². The molecule has 1 aliphatic carbocycles. The second-order valence-corrected chi connectivity index (χ2v) is 4.63. The van der Waals surface area contributed by atoms with Crippen LogP contribution in [-0.4, -0.2) is 15.9 Å². The van der Waals surface area contributed by atoms with Gasteiger partial charge >= 0.3 is 5.69 Å². The Bertz CT molecular complexity index is 419. The van der Waals surface area contributed by atoms with Gasteiger partial charge in [0.05, 0.1) is 9.95 Å². The van der Waals surface area contributed by atoms with Gasteiger partial charge in [-0.2, -0.15) is 0 Å². The van der Waals surface area contributed by atoms with Gasteiger partial charge < -0.3 is 5.32 Å². The molecular formula is C10H12ClN3O2. The van der Waals surface area contributed by atoms with E-state index in [0.717, 1.165) is 12.8 Å². The van der Waals surface area contributed by atoms with Crippen molar-refractivity contribution in [2.24, 2.45) is 5.92 Å². The monoisotopic (exact) mass is 241 g/mol. The third-order valence-electron chi connectivity index (χ3n) is 2.75. The Hall–Kier alpha value is -1.36. The number of halogens is 1. The first-order valence-electron chi connectivity index (χ1n) is 5.12. The molecule has 16 heavy (non-hydrogen) atoms. The van der Waals surface area contributed by atoms with Crippen molar-refractivity contribution in [3.05, 3.63) is 27.4 Å². The summed E-state index contributed by atoms with van der Waals surface area (Å²) in [5.74, 6) is 0.996. The average molecular weight is 242 g/mol. The lowest BCUT2D eigenvalue weighted by molar-refractivity contribution is -0.384. The number of hydrogen-bond acceptors (Lipinski definition) is 4. The van der Waals surface area contributed by atoms with Crippen molar-refractivity contribution >= 4 is 23.1 Å². The highest BCUT2D eigenvalue weighted by Crippen LogP contribution is 2.32. The zero-order chi connectivity index (χ0) is 11.7. The Kier molecular flexibility index (Phi) is 2.96. The molecule has 2 rings (SSSR count). The Morgan fingerprint density at radius 1 is 1.62 bits per heavy atom. The van der Waals surface area contributed by atoms with E-state index in [4.69, 9.17) is 11.6 Å². The van der Waals surface area contributed by atoms with Crippen LogP contribution in [0.5, 0.6) is 0 Å². The Morgan fingerprint density at radius 2 is 2.31 bits per heavy atom. The molecule has 0 amide bonds. The number of hydrogen-bond donors (Lipinski definition) is 1. The summed E-state index contributed by atoms with van der Waals surface area (Å²) in [6.07, 6.45) is 3.47. The minimum absolute atomic E-state index is 0.0629. The molecule has 1 heterocycles. The van der Waals surface area contributed by atoms with E-state index < -0.39 is 4.92 Å². The maximum atomic E-state index is 10.8. The predicted molar refractivity (Wildman–Crippen MR) is 61.7 cm³/mol. The molecule has 1 saturated carbocycles. The molecule has 0 saturated heterocycles. The fraction of sp³-hybridized carbons (Fsp3) is 0.500. The van der Waals surface area contributed by atoms with Crippen LogP contribution in [-0.2, 0) is 0 Å². The van der Waals surface area contributed by atoms with Crippen LogP contribution >= 0.6 is 11.6 Å². The van der Waals surface area contributed by atoms with Crippen LogP contribution in [0.25, 0.3) is 0 Å². The highest BCUT2D eigenvalue weighted by molar-refractivity contribution is 6.30. The molecule has 1 aromatic rings. The van der Waals surface area contributed by atoms with Gasteiger partial charge in [0.25, 0.3) is 0 Å². The Morgan fingerprint density at radius 3 is 2.88 bits per heavy atom. The summed E-state index contributed by atoms with van der Waals surface area (Å²) in [6.45, 7) is 2.15. The summed E-state index contributed by atoms with van der Waals surface area (Å²) >= 11 is 5.67.